The van der Waals surface area contributed by atoms with Gasteiger partial charge in [0.2, 0.25) is 0 Å². The zero-order valence-corrected chi connectivity index (χ0v) is 11.9. The van der Waals surface area contributed by atoms with Gasteiger partial charge in [-0.3, -0.25) is 10.1 Å². The largest absolute Gasteiger partial charge is 0.488 e. The van der Waals surface area contributed by atoms with Gasteiger partial charge in [0.25, 0.3) is 5.69 Å². The van der Waals surface area contributed by atoms with Crippen molar-refractivity contribution in [1.29, 1.82) is 0 Å². The summed E-state index contributed by atoms with van der Waals surface area (Å²) in [6, 6.07) is 14.0. The Kier molecular flexibility index (Phi) is 4.90. The van der Waals surface area contributed by atoms with E-state index in [-0.39, 0.29) is 18.3 Å². The fraction of sp³-hybridized carbons (Fsp3) is 0.250. The SMILES string of the molecule is CCC(N)c1ccccc1OCc1ccccc1[N+](=O)[O-]. The van der Waals surface area contributed by atoms with Crippen molar-refractivity contribution < 1.29 is 9.66 Å². The molecule has 0 saturated carbocycles. The average Bonchev–Trinajstić information content (AvgIpc) is 2.52. The molecule has 0 fully saturated rings. The van der Waals surface area contributed by atoms with Crippen LogP contribution in [-0.4, -0.2) is 4.92 Å². The van der Waals surface area contributed by atoms with Gasteiger partial charge in [0.1, 0.15) is 12.4 Å². The summed E-state index contributed by atoms with van der Waals surface area (Å²) >= 11 is 0. The van der Waals surface area contributed by atoms with Crippen molar-refractivity contribution in [3.05, 3.63) is 69.8 Å². The number of hydrogen-bond acceptors (Lipinski definition) is 4. The van der Waals surface area contributed by atoms with E-state index in [9.17, 15) is 10.1 Å². The van der Waals surface area contributed by atoms with Gasteiger partial charge in [-0.15, -0.1) is 0 Å². The average molecular weight is 286 g/mol. The molecule has 5 heteroatoms. The van der Waals surface area contributed by atoms with E-state index < -0.39 is 4.92 Å². The van der Waals surface area contributed by atoms with E-state index in [1.807, 2.05) is 31.2 Å². The zero-order chi connectivity index (χ0) is 15.2. The summed E-state index contributed by atoms with van der Waals surface area (Å²) in [7, 11) is 0. The third-order valence-electron chi connectivity index (χ3n) is 3.33. The number of nitro benzene ring substituents is 1. The van der Waals surface area contributed by atoms with Gasteiger partial charge in [0.05, 0.1) is 10.5 Å². The maximum atomic E-state index is 11.0. The van der Waals surface area contributed by atoms with Crippen LogP contribution in [0, 0.1) is 10.1 Å². The maximum Gasteiger partial charge on any atom is 0.276 e. The monoisotopic (exact) mass is 286 g/mol. The van der Waals surface area contributed by atoms with E-state index in [0.29, 0.717) is 11.3 Å². The van der Waals surface area contributed by atoms with Gasteiger partial charge in [0.15, 0.2) is 0 Å². The van der Waals surface area contributed by atoms with Crippen LogP contribution in [0.3, 0.4) is 0 Å². The number of nitrogens with two attached hydrogens (primary N) is 1. The molecule has 2 N–H and O–H groups in total. The Morgan fingerprint density at radius 3 is 2.57 bits per heavy atom. The zero-order valence-electron chi connectivity index (χ0n) is 11.9. The Balaban J connectivity index is 2.19. The highest BCUT2D eigenvalue weighted by Gasteiger charge is 2.14. The van der Waals surface area contributed by atoms with Crippen LogP contribution in [-0.2, 0) is 6.61 Å². The van der Waals surface area contributed by atoms with Crippen LogP contribution in [0.15, 0.2) is 48.5 Å². The predicted molar refractivity (Wildman–Crippen MR) is 81.1 cm³/mol. The Morgan fingerprint density at radius 2 is 1.86 bits per heavy atom. The van der Waals surface area contributed by atoms with Crippen LogP contribution in [0.4, 0.5) is 5.69 Å². The van der Waals surface area contributed by atoms with Gasteiger partial charge >= 0.3 is 0 Å². The number of nitro groups is 1. The van der Waals surface area contributed by atoms with E-state index in [1.165, 1.54) is 6.07 Å². The standard InChI is InChI=1S/C16H18N2O3/c1-2-14(17)13-8-4-6-10-16(13)21-11-12-7-3-5-9-15(12)18(19)20/h3-10,14H,2,11,17H2,1H3. The normalized spacial score (nSPS) is 11.9. The van der Waals surface area contributed by atoms with Crippen molar-refractivity contribution >= 4 is 5.69 Å². The lowest BCUT2D eigenvalue weighted by Gasteiger charge is -2.15. The third kappa shape index (κ3) is 3.58. The quantitative estimate of drug-likeness (QED) is 0.650. The molecule has 0 radical (unpaired) electrons. The van der Waals surface area contributed by atoms with E-state index in [4.69, 9.17) is 10.5 Å². The Labute approximate surface area is 123 Å². The number of rotatable bonds is 6. The van der Waals surface area contributed by atoms with Crippen LogP contribution >= 0.6 is 0 Å². The van der Waals surface area contributed by atoms with Crippen molar-refractivity contribution in [1.82, 2.24) is 0 Å². The van der Waals surface area contributed by atoms with Gasteiger partial charge in [-0.2, -0.15) is 0 Å². The summed E-state index contributed by atoms with van der Waals surface area (Å²) in [5.41, 5.74) is 7.58. The summed E-state index contributed by atoms with van der Waals surface area (Å²) in [5.74, 6) is 0.671. The van der Waals surface area contributed by atoms with Crippen molar-refractivity contribution in [3.63, 3.8) is 0 Å². The minimum Gasteiger partial charge on any atom is -0.488 e. The molecular weight excluding hydrogens is 268 g/mol. The number of hydrogen-bond donors (Lipinski definition) is 1. The summed E-state index contributed by atoms with van der Waals surface area (Å²) in [4.78, 5) is 10.6. The van der Waals surface area contributed by atoms with Gasteiger partial charge in [0, 0.05) is 17.7 Å². The molecule has 0 aliphatic heterocycles. The number of nitrogens with zero attached hydrogens (tertiary/aromatic N) is 1. The van der Waals surface area contributed by atoms with E-state index in [1.54, 1.807) is 18.2 Å². The van der Waals surface area contributed by atoms with Crippen LogP contribution in [0.2, 0.25) is 0 Å². The first-order valence-electron chi connectivity index (χ1n) is 6.83. The lowest BCUT2D eigenvalue weighted by atomic mass is 10.0. The smallest absolute Gasteiger partial charge is 0.276 e. The molecule has 0 bridgehead atoms. The Hall–Kier alpha value is -2.40. The molecule has 21 heavy (non-hydrogen) atoms. The first-order chi connectivity index (χ1) is 10.1. The molecular formula is C16H18N2O3. The van der Waals surface area contributed by atoms with E-state index >= 15 is 0 Å². The van der Waals surface area contributed by atoms with Crippen molar-refractivity contribution in [2.75, 3.05) is 0 Å². The lowest BCUT2D eigenvalue weighted by Crippen LogP contribution is -2.11. The fourth-order valence-corrected chi connectivity index (χ4v) is 2.10. The molecule has 0 heterocycles. The van der Waals surface area contributed by atoms with Crippen LogP contribution < -0.4 is 10.5 Å². The molecule has 2 aromatic rings. The molecule has 0 amide bonds. The molecule has 0 aromatic heterocycles. The van der Waals surface area contributed by atoms with Crippen LogP contribution in [0.1, 0.15) is 30.5 Å². The Bertz CT molecular complexity index is 628. The topological polar surface area (TPSA) is 78.4 Å². The maximum absolute atomic E-state index is 11.0. The van der Waals surface area contributed by atoms with Gasteiger partial charge < -0.3 is 10.5 Å². The molecule has 0 aliphatic rings. The number of ether oxygens (including phenoxy) is 1. The first-order valence-corrected chi connectivity index (χ1v) is 6.83. The van der Waals surface area contributed by atoms with Gasteiger partial charge in [-0.1, -0.05) is 37.3 Å². The molecule has 2 aromatic carbocycles. The molecule has 2 rings (SSSR count). The molecule has 0 spiro atoms. The molecule has 0 saturated heterocycles. The predicted octanol–water partition coefficient (Wildman–Crippen LogP) is 3.58. The summed E-state index contributed by atoms with van der Waals surface area (Å²) in [6.45, 7) is 2.15. The van der Waals surface area contributed by atoms with Crippen molar-refractivity contribution in [3.8, 4) is 5.75 Å². The summed E-state index contributed by atoms with van der Waals surface area (Å²) in [6.07, 6.45) is 0.797. The minimum atomic E-state index is -0.400. The highest BCUT2D eigenvalue weighted by atomic mass is 16.6. The molecule has 1 atom stereocenters. The summed E-state index contributed by atoms with van der Waals surface area (Å²) < 4.78 is 5.75. The Morgan fingerprint density at radius 1 is 1.19 bits per heavy atom. The number of para-hydroxylation sites is 2. The van der Waals surface area contributed by atoms with Crippen LogP contribution in [0.5, 0.6) is 5.75 Å². The highest BCUT2D eigenvalue weighted by molar-refractivity contribution is 5.40. The second-order valence-corrected chi connectivity index (χ2v) is 4.73. The van der Waals surface area contributed by atoms with Crippen molar-refractivity contribution in [2.45, 2.75) is 26.0 Å². The summed E-state index contributed by atoms with van der Waals surface area (Å²) in [5, 5.41) is 11.0. The van der Waals surface area contributed by atoms with E-state index in [2.05, 4.69) is 0 Å². The lowest BCUT2D eigenvalue weighted by molar-refractivity contribution is -0.385. The second-order valence-electron chi connectivity index (χ2n) is 4.73. The minimum absolute atomic E-state index is 0.0646. The van der Waals surface area contributed by atoms with Crippen molar-refractivity contribution in [2.24, 2.45) is 5.73 Å². The van der Waals surface area contributed by atoms with Gasteiger partial charge in [-0.25, -0.2) is 0 Å². The third-order valence-corrected chi connectivity index (χ3v) is 3.33. The molecule has 1 unspecified atom stereocenters. The fourth-order valence-electron chi connectivity index (χ4n) is 2.10. The van der Waals surface area contributed by atoms with Crippen LogP contribution in [0.25, 0.3) is 0 Å². The first kappa shape index (κ1) is 15.0. The molecule has 110 valence electrons. The van der Waals surface area contributed by atoms with Gasteiger partial charge in [-0.05, 0) is 18.6 Å². The second kappa shape index (κ2) is 6.85. The van der Waals surface area contributed by atoms with E-state index in [0.717, 1.165) is 12.0 Å². The molecule has 0 aliphatic carbocycles. The molecule has 5 nitrogen and oxygen atoms in total. The number of benzene rings is 2. The highest BCUT2D eigenvalue weighted by Crippen LogP contribution is 2.27.